The Morgan fingerprint density at radius 3 is 2.61 bits per heavy atom. The summed E-state index contributed by atoms with van der Waals surface area (Å²) in [7, 11) is 0. The molecule has 0 aromatic carbocycles. The van der Waals surface area contributed by atoms with E-state index in [1.54, 1.807) is 0 Å². The largest absolute Gasteiger partial charge is 0.465 e. The van der Waals surface area contributed by atoms with Crippen molar-refractivity contribution in [2.45, 2.75) is 60.2 Å². The number of hydrogen-bond acceptors (Lipinski definition) is 3. The maximum Gasteiger partial charge on any atom is 0.118 e. The van der Waals surface area contributed by atoms with E-state index in [1.165, 1.54) is 12.0 Å². The van der Waals surface area contributed by atoms with Crippen molar-refractivity contribution in [1.82, 2.24) is 10.2 Å². The summed E-state index contributed by atoms with van der Waals surface area (Å²) in [6.07, 6.45) is 1.17. The molecule has 1 rings (SSSR count). The van der Waals surface area contributed by atoms with Gasteiger partial charge in [0.1, 0.15) is 11.5 Å². The molecular formula is C15H28N2O. The molecule has 3 nitrogen and oxygen atoms in total. The monoisotopic (exact) mass is 252 g/mol. The molecule has 0 unspecified atom stereocenters. The molecule has 0 saturated heterocycles. The van der Waals surface area contributed by atoms with Crippen LogP contribution >= 0.6 is 0 Å². The van der Waals surface area contributed by atoms with Crippen LogP contribution in [0.4, 0.5) is 0 Å². The smallest absolute Gasteiger partial charge is 0.118 e. The molecule has 0 saturated carbocycles. The lowest BCUT2D eigenvalue weighted by Crippen LogP contribution is -2.29. The summed E-state index contributed by atoms with van der Waals surface area (Å²) < 4.78 is 5.85. The summed E-state index contributed by atoms with van der Waals surface area (Å²) in [5.41, 5.74) is 1.29. The van der Waals surface area contributed by atoms with E-state index in [4.69, 9.17) is 4.42 Å². The van der Waals surface area contributed by atoms with Gasteiger partial charge in [0, 0.05) is 18.2 Å². The van der Waals surface area contributed by atoms with E-state index in [0.29, 0.717) is 6.04 Å². The molecule has 18 heavy (non-hydrogen) atoms. The van der Waals surface area contributed by atoms with Gasteiger partial charge in [-0.05, 0) is 46.3 Å². The third kappa shape index (κ3) is 4.46. The first-order valence-electron chi connectivity index (χ1n) is 7.11. The number of aryl methyl sites for hydroxylation is 1. The molecule has 3 heteroatoms. The van der Waals surface area contributed by atoms with Crippen LogP contribution in [0.15, 0.2) is 10.5 Å². The van der Waals surface area contributed by atoms with Crippen molar-refractivity contribution >= 4 is 0 Å². The predicted molar refractivity (Wildman–Crippen MR) is 76.7 cm³/mol. The number of nitrogens with zero attached hydrogens (tertiary/aromatic N) is 1. The summed E-state index contributed by atoms with van der Waals surface area (Å²) in [6.45, 7) is 14.8. The Morgan fingerprint density at radius 2 is 2.06 bits per heavy atom. The van der Waals surface area contributed by atoms with Gasteiger partial charge >= 0.3 is 0 Å². The van der Waals surface area contributed by atoms with Crippen molar-refractivity contribution in [1.29, 1.82) is 0 Å². The Morgan fingerprint density at radius 1 is 1.33 bits per heavy atom. The first-order valence-corrected chi connectivity index (χ1v) is 7.11. The van der Waals surface area contributed by atoms with Crippen molar-refractivity contribution in [2.75, 3.05) is 13.1 Å². The lowest BCUT2D eigenvalue weighted by molar-refractivity contribution is 0.206. The van der Waals surface area contributed by atoms with Gasteiger partial charge in [-0.3, -0.25) is 4.90 Å². The van der Waals surface area contributed by atoms with Gasteiger partial charge in [0.05, 0.1) is 6.54 Å². The van der Waals surface area contributed by atoms with E-state index >= 15 is 0 Å². The van der Waals surface area contributed by atoms with Crippen LogP contribution in [0.5, 0.6) is 0 Å². The maximum atomic E-state index is 5.85. The van der Waals surface area contributed by atoms with E-state index in [0.717, 1.165) is 37.7 Å². The zero-order chi connectivity index (χ0) is 13.5. The molecule has 0 bridgehead atoms. The van der Waals surface area contributed by atoms with E-state index in [-0.39, 0.29) is 0 Å². The maximum absolute atomic E-state index is 5.85. The highest BCUT2D eigenvalue weighted by atomic mass is 16.3. The van der Waals surface area contributed by atoms with Crippen LogP contribution in [-0.4, -0.2) is 24.0 Å². The second kappa shape index (κ2) is 7.59. The second-order valence-electron chi connectivity index (χ2n) is 5.13. The van der Waals surface area contributed by atoms with Crippen LogP contribution in [-0.2, 0) is 13.1 Å². The molecular weight excluding hydrogens is 224 g/mol. The van der Waals surface area contributed by atoms with E-state index in [1.807, 2.05) is 0 Å². The quantitative estimate of drug-likeness (QED) is 0.719. The van der Waals surface area contributed by atoms with Crippen molar-refractivity contribution in [3.05, 3.63) is 23.2 Å². The van der Waals surface area contributed by atoms with Gasteiger partial charge in [0.15, 0.2) is 0 Å². The summed E-state index contributed by atoms with van der Waals surface area (Å²) in [5, 5.41) is 3.42. The van der Waals surface area contributed by atoms with Crippen LogP contribution in [0.2, 0.25) is 0 Å². The topological polar surface area (TPSA) is 28.4 Å². The SMILES string of the molecule is CCCNCc1cc(CN(CC)C(C)C)oc1C. The average Bonchev–Trinajstić information content (AvgIpc) is 2.67. The normalized spacial score (nSPS) is 11.7. The van der Waals surface area contributed by atoms with Crippen LogP contribution in [0.1, 0.15) is 51.2 Å². The molecule has 1 aromatic heterocycles. The predicted octanol–water partition coefficient (Wildman–Crippen LogP) is 3.32. The van der Waals surface area contributed by atoms with Gasteiger partial charge in [0.25, 0.3) is 0 Å². The van der Waals surface area contributed by atoms with Gasteiger partial charge < -0.3 is 9.73 Å². The Labute approximate surface area is 112 Å². The standard InChI is InChI=1S/C15H28N2O/c1-6-8-16-10-14-9-15(18-13(14)5)11-17(7-2)12(3)4/h9,12,16H,6-8,10-11H2,1-5H3. The molecule has 0 radical (unpaired) electrons. The summed E-state index contributed by atoms with van der Waals surface area (Å²) >= 11 is 0. The van der Waals surface area contributed by atoms with Crippen LogP contribution in [0.25, 0.3) is 0 Å². The van der Waals surface area contributed by atoms with Gasteiger partial charge in [-0.2, -0.15) is 0 Å². The van der Waals surface area contributed by atoms with E-state index in [9.17, 15) is 0 Å². The first kappa shape index (κ1) is 15.3. The number of furan rings is 1. The highest BCUT2D eigenvalue weighted by Gasteiger charge is 2.12. The summed E-state index contributed by atoms with van der Waals surface area (Å²) in [5.74, 6) is 2.13. The van der Waals surface area contributed by atoms with Crippen LogP contribution < -0.4 is 5.32 Å². The second-order valence-corrected chi connectivity index (χ2v) is 5.13. The van der Waals surface area contributed by atoms with Crippen molar-refractivity contribution < 1.29 is 4.42 Å². The third-order valence-electron chi connectivity index (χ3n) is 3.31. The molecule has 0 atom stereocenters. The Balaban J connectivity index is 2.59. The summed E-state index contributed by atoms with van der Waals surface area (Å²) in [4.78, 5) is 2.40. The van der Waals surface area contributed by atoms with Gasteiger partial charge in [-0.25, -0.2) is 0 Å². The molecule has 1 aromatic rings. The highest BCUT2D eigenvalue weighted by molar-refractivity contribution is 5.20. The van der Waals surface area contributed by atoms with Crippen molar-refractivity contribution in [3.8, 4) is 0 Å². The fourth-order valence-electron chi connectivity index (χ4n) is 2.10. The molecule has 1 N–H and O–H groups in total. The number of hydrogen-bond donors (Lipinski definition) is 1. The highest BCUT2D eigenvalue weighted by Crippen LogP contribution is 2.17. The Hall–Kier alpha value is -0.800. The molecule has 104 valence electrons. The summed E-state index contributed by atoms with van der Waals surface area (Å²) in [6, 6.07) is 2.75. The van der Waals surface area contributed by atoms with E-state index in [2.05, 4.69) is 50.9 Å². The van der Waals surface area contributed by atoms with Crippen molar-refractivity contribution in [2.24, 2.45) is 0 Å². The van der Waals surface area contributed by atoms with Gasteiger partial charge in [0.2, 0.25) is 0 Å². The molecule has 0 aliphatic rings. The van der Waals surface area contributed by atoms with Gasteiger partial charge in [-0.15, -0.1) is 0 Å². The molecule has 0 aliphatic carbocycles. The fraction of sp³-hybridized carbons (Fsp3) is 0.733. The molecule has 0 aliphatic heterocycles. The van der Waals surface area contributed by atoms with Crippen LogP contribution in [0, 0.1) is 6.92 Å². The lowest BCUT2D eigenvalue weighted by Gasteiger charge is -2.23. The van der Waals surface area contributed by atoms with E-state index < -0.39 is 0 Å². The zero-order valence-corrected chi connectivity index (χ0v) is 12.5. The molecule has 1 heterocycles. The Bertz CT molecular complexity index is 344. The minimum atomic E-state index is 0.557. The fourth-order valence-corrected chi connectivity index (χ4v) is 2.10. The molecule has 0 fully saturated rings. The minimum absolute atomic E-state index is 0.557. The third-order valence-corrected chi connectivity index (χ3v) is 3.31. The number of nitrogens with one attached hydrogen (secondary N) is 1. The van der Waals surface area contributed by atoms with Crippen LogP contribution in [0.3, 0.4) is 0 Å². The number of rotatable bonds is 8. The minimum Gasteiger partial charge on any atom is -0.465 e. The molecule has 0 spiro atoms. The average molecular weight is 252 g/mol. The lowest BCUT2D eigenvalue weighted by atomic mass is 10.2. The van der Waals surface area contributed by atoms with Crippen molar-refractivity contribution in [3.63, 3.8) is 0 Å². The zero-order valence-electron chi connectivity index (χ0n) is 12.5. The molecule has 0 amide bonds. The first-order chi connectivity index (χ1) is 8.58. The van der Waals surface area contributed by atoms with Gasteiger partial charge in [-0.1, -0.05) is 13.8 Å². The Kier molecular flexibility index (Phi) is 6.44.